The van der Waals surface area contributed by atoms with Crippen LogP contribution in [0.5, 0.6) is 0 Å². The van der Waals surface area contributed by atoms with Gasteiger partial charge >= 0.3 is 0 Å². The minimum atomic E-state index is -0.212. The molecule has 0 unspecified atom stereocenters. The Bertz CT molecular complexity index is 778. The highest BCUT2D eigenvalue weighted by molar-refractivity contribution is 9.13. The summed E-state index contributed by atoms with van der Waals surface area (Å²) in [6.45, 7) is 3.46. The van der Waals surface area contributed by atoms with Crippen LogP contribution in [0.15, 0.2) is 32.5 Å². The van der Waals surface area contributed by atoms with Gasteiger partial charge in [0, 0.05) is 17.6 Å². The van der Waals surface area contributed by atoms with Crippen molar-refractivity contribution < 1.29 is 9.59 Å². The number of amides is 2. The van der Waals surface area contributed by atoms with E-state index in [2.05, 4.69) is 37.2 Å². The van der Waals surface area contributed by atoms with Gasteiger partial charge in [-0.3, -0.25) is 9.59 Å². The van der Waals surface area contributed by atoms with Crippen molar-refractivity contribution in [2.24, 2.45) is 0 Å². The Labute approximate surface area is 161 Å². The summed E-state index contributed by atoms with van der Waals surface area (Å²) in [5.74, 6) is -0.226. The zero-order valence-electron chi connectivity index (χ0n) is 13.1. The zero-order valence-corrected chi connectivity index (χ0v) is 17.1. The van der Waals surface area contributed by atoms with Gasteiger partial charge in [0.2, 0.25) is 0 Å². The van der Waals surface area contributed by atoms with E-state index >= 15 is 0 Å². The highest BCUT2D eigenvalue weighted by Crippen LogP contribution is 2.33. The smallest absolute Gasteiger partial charge is 0.265 e. The molecule has 126 valence electrons. The van der Waals surface area contributed by atoms with Gasteiger partial charge in [0.1, 0.15) is 0 Å². The number of nitrogens with zero attached hydrogens (tertiary/aromatic N) is 1. The fraction of sp³-hybridized carbons (Fsp3) is 0.294. The molecule has 2 aromatic rings. The van der Waals surface area contributed by atoms with Crippen molar-refractivity contribution >= 4 is 60.7 Å². The van der Waals surface area contributed by atoms with E-state index in [1.165, 1.54) is 11.3 Å². The number of anilines is 1. The maximum Gasteiger partial charge on any atom is 0.265 e. The summed E-state index contributed by atoms with van der Waals surface area (Å²) in [5.41, 5.74) is 2.03. The van der Waals surface area contributed by atoms with E-state index in [0.29, 0.717) is 16.1 Å². The van der Waals surface area contributed by atoms with Crippen molar-refractivity contribution in [1.29, 1.82) is 0 Å². The SMILES string of the molecule is Cc1cccc(C(=O)N2CCCC2)c1NC(=O)c1cc(Br)c(Br)s1. The van der Waals surface area contributed by atoms with Crippen LogP contribution in [0, 0.1) is 6.92 Å². The third kappa shape index (κ3) is 3.58. The Balaban J connectivity index is 1.89. The summed E-state index contributed by atoms with van der Waals surface area (Å²) in [7, 11) is 0. The molecule has 0 atom stereocenters. The molecule has 0 bridgehead atoms. The van der Waals surface area contributed by atoms with Crippen molar-refractivity contribution in [2.45, 2.75) is 19.8 Å². The van der Waals surface area contributed by atoms with Crippen LogP contribution in [0.25, 0.3) is 0 Å². The fourth-order valence-electron chi connectivity index (χ4n) is 2.74. The Kier molecular flexibility index (Phi) is 5.42. The molecule has 3 rings (SSSR count). The van der Waals surface area contributed by atoms with Gasteiger partial charge in [0.15, 0.2) is 0 Å². The van der Waals surface area contributed by atoms with Gasteiger partial charge in [-0.15, -0.1) is 11.3 Å². The lowest BCUT2D eigenvalue weighted by atomic mass is 10.1. The predicted molar refractivity (Wildman–Crippen MR) is 104 cm³/mol. The molecule has 1 fully saturated rings. The number of thiophene rings is 1. The molecule has 2 amide bonds. The zero-order chi connectivity index (χ0) is 17.3. The molecule has 1 aliphatic rings. The number of likely N-dealkylation sites (tertiary alicyclic amines) is 1. The van der Waals surface area contributed by atoms with Crippen LogP contribution in [-0.2, 0) is 0 Å². The molecule has 0 spiro atoms. The van der Waals surface area contributed by atoms with Crippen LogP contribution in [0.1, 0.15) is 38.4 Å². The Morgan fingerprint density at radius 2 is 1.92 bits per heavy atom. The van der Waals surface area contributed by atoms with Gasteiger partial charge in [-0.1, -0.05) is 12.1 Å². The van der Waals surface area contributed by atoms with Gasteiger partial charge in [-0.2, -0.15) is 0 Å². The maximum atomic E-state index is 12.8. The average molecular weight is 472 g/mol. The number of hydrogen-bond acceptors (Lipinski definition) is 3. The molecule has 2 heterocycles. The molecule has 1 saturated heterocycles. The van der Waals surface area contributed by atoms with Crippen LogP contribution in [-0.4, -0.2) is 29.8 Å². The summed E-state index contributed by atoms with van der Waals surface area (Å²) in [5, 5.41) is 2.92. The number of carbonyl (C=O) groups is 2. The molecule has 1 aromatic carbocycles. The third-order valence-electron chi connectivity index (χ3n) is 4.00. The highest BCUT2D eigenvalue weighted by Gasteiger charge is 2.24. The number of aryl methyl sites for hydroxylation is 1. The Morgan fingerprint density at radius 3 is 2.54 bits per heavy atom. The van der Waals surface area contributed by atoms with E-state index in [9.17, 15) is 9.59 Å². The standard InChI is InChI=1S/C17H16Br2N2O2S/c1-10-5-4-6-11(17(23)21-7-2-3-8-21)14(10)20-16(22)13-9-12(18)15(19)24-13/h4-6,9H,2-3,7-8H2,1H3,(H,20,22). The monoisotopic (exact) mass is 470 g/mol. The van der Waals surface area contributed by atoms with Crippen molar-refractivity contribution in [1.82, 2.24) is 4.90 Å². The first-order chi connectivity index (χ1) is 11.5. The number of halogens is 2. The predicted octanol–water partition coefficient (Wildman–Crippen LogP) is 5.07. The molecule has 1 N–H and O–H groups in total. The van der Waals surface area contributed by atoms with Crippen molar-refractivity contribution in [3.05, 3.63) is 48.5 Å². The van der Waals surface area contributed by atoms with E-state index in [4.69, 9.17) is 0 Å². The molecule has 0 aliphatic carbocycles. The van der Waals surface area contributed by atoms with Crippen LogP contribution >= 0.6 is 43.2 Å². The third-order valence-corrected chi connectivity index (χ3v) is 7.26. The van der Waals surface area contributed by atoms with Crippen LogP contribution in [0.2, 0.25) is 0 Å². The number of nitrogens with one attached hydrogen (secondary N) is 1. The second-order valence-corrected chi connectivity index (χ2v) is 8.91. The van der Waals surface area contributed by atoms with E-state index in [-0.39, 0.29) is 11.8 Å². The molecule has 0 radical (unpaired) electrons. The normalized spacial score (nSPS) is 14.0. The minimum Gasteiger partial charge on any atom is -0.339 e. The average Bonchev–Trinajstić information content (AvgIpc) is 3.19. The molecule has 7 heteroatoms. The van der Waals surface area contributed by atoms with Gasteiger partial charge in [-0.25, -0.2) is 0 Å². The van der Waals surface area contributed by atoms with Gasteiger partial charge in [-0.05, 0) is 69.3 Å². The first kappa shape index (κ1) is 17.6. The summed E-state index contributed by atoms with van der Waals surface area (Å²) in [6, 6.07) is 7.30. The molecular weight excluding hydrogens is 456 g/mol. The lowest BCUT2D eigenvalue weighted by Gasteiger charge is -2.19. The lowest BCUT2D eigenvalue weighted by molar-refractivity contribution is 0.0794. The number of carbonyl (C=O) groups excluding carboxylic acids is 2. The van der Waals surface area contributed by atoms with Gasteiger partial charge in [0.25, 0.3) is 11.8 Å². The highest BCUT2D eigenvalue weighted by atomic mass is 79.9. The molecule has 1 aliphatic heterocycles. The molecule has 0 saturated carbocycles. The first-order valence-corrected chi connectivity index (χ1v) is 10.0. The van der Waals surface area contributed by atoms with Crippen LogP contribution in [0.4, 0.5) is 5.69 Å². The summed E-state index contributed by atoms with van der Waals surface area (Å²) >= 11 is 8.14. The van der Waals surface area contributed by atoms with Gasteiger partial charge < -0.3 is 10.2 Å². The Hall–Kier alpha value is -1.18. The van der Waals surface area contributed by atoms with E-state index in [0.717, 1.165) is 39.8 Å². The second-order valence-electron chi connectivity index (χ2n) is 5.68. The summed E-state index contributed by atoms with van der Waals surface area (Å²) in [4.78, 5) is 27.7. The quantitative estimate of drug-likeness (QED) is 0.679. The number of benzene rings is 1. The Morgan fingerprint density at radius 1 is 1.21 bits per heavy atom. The van der Waals surface area contributed by atoms with Crippen molar-refractivity contribution in [3.63, 3.8) is 0 Å². The number of para-hydroxylation sites is 1. The molecule has 4 nitrogen and oxygen atoms in total. The first-order valence-electron chi connectivity index (χ1n) is 7.62. The molecular formula is C17H16Br2N2O2S. The number of rotatable bonds is 3. The summed E-state index contributed by atoms with van der Waals surface area (Å²) < 4.78 is 1.71. The van der Waals surface area contributed by atoms with Crippen molar-refractivity contribution in [2.75, 3.05) is 18.4 Å². The van der Waals surface area contributed by atoms with E-state index in [1.807, 2.05) is 24.0 Å². The van der Waals surface area contributed by atoms with E-state index in [1.54, 1.807) is 12.1 Å². The lowest BCUT2D eigenvalue weighted by Crippen LogP contribution is -2.29. The maximum absolute atomic E-state index is 12.8. The largest absolute Gasteiger partial charge is 0.339 e. The van der Waals surface area contributed by atoms with Crippen LogP contribution in [0.3, 0.4) is 0 Å². The number of hydrogen-bond donors (Lipinski definition) is 1. The summed E-state index contributed by atoms with van der Waals surface area (Å²) in [6.07, 6.45) is 2.08. The molecule has 1 aromatic heterocycles. The second kappa shape index (κ2) is 7.37. The molecule has 24 heavy (non-hydrogen) atoms. The van der Waals surface area contributed by atoms with Gasteiger partial charge in [0.05, 0.1) is 19.9 Å². The topological polar surface area (TPSA) is 49.4 Å². The van der Waals surface area contributed by atoms with E-state index < -0.39 is 0 Å². The van der Waals surface area contributed by atoms with Crippen molar-refractivity contribution in [3.8, 4) is 0 Å². The minimum absolute atomic E-state index is 0.0139. The van der Waals surface area contributed by atoms with Crippen LogP contribution < -0.4 is 5.32 Å². The fourth-order valence-corrected chi connectivity index (χ4v) is 4.67.